The normalized spacial score (nSPS) is 22.5. The van der Waals surface area contributed by atoms with E-state index in [1.165, 1.54) is 0 Å². The van der Waals surface area contributed by atoms with Crippen molar-refractivity contribution in [3.8, 4) is 0 Å². The number of hydrogen-bond donors (Lipinski definition) is 0. The van der Waals surface area contributed by atoms with Gasteiger partial charge in [-0.25, -0.2) is 0 Å². The second-order valence-electron chi connectivity index (χ2n) is 5.21. The van der Waals surface area contributed by atoms with Gasteiger partial charge in [-0.05, 0) is 34.4 Å². The van der Waals surface area contributed by atoms with E-state index in [1.54, 1.807) is 0 Å². The molecule has 0 N–H and O–H groups in total. The molecule has 0 amide bonds. The lowest BCUT2D eigenvalue weighted by Gasteiger charge is -2.14. The van der Waals surface area contributed by atoms with Crippen LogP contribution in [0.15, 0.2) is 60.7 Å². The summed E-state index contributed by atoms with van der Waals surface area (Å²) >= 11 is -1.82. The van der Waals surface area contributed by atoms with Gasteiger partial charge < -0.3 is 0 Å². The molecule has 0 aromatic heterocycles. The first-order valence-corrected chi connectivity index (χ1v) is 8.11. The summed E-state index contributed by atoms with van der Waals surface area (Å²) in [6.07, 6.45) is 7.09. The Kier molecular flexibility index (Phi) is 3.50. The van der Waals surface area contributed by atoms with Crippen molar-refractivity contribution in [1.82, 2.24) is 0 Å². The maximum atomic E-state index is 12.2. The Hall–Kier alpha value is -2.01. The zero-order valence-electron chi connectivity index (χ0n) is 11.7. The fourth-order valence-corrected chi connectivity index (χ4v) is 3.51. The van der Waals surface area contributed by atoms with Crippen LogP contribution in [-0.2, 0) is 19.7 Å². The molecule has 4 heteroatoms. The lowest BCUT2D eigenvalue weighted by atomic mass is 10.1. The monoisotopic (exact) mass is 310 g/mol. The van der Waals surface area contributed by atoms with Crippen LogP contribution in [-0.4, -0.2) is 4.21 Å². The summed E-state index contributed by atoms with van der Waals surface area (Å²) in [5.74, 6) is 0. The predicted molar refractivity (Wildman–Crippen MR) is 86.7 cm³/mol. The first kappa shape index (κ1) is 13.6. The van der Waals surface area contributed by atoms with Gasteiger partial charge in [0.25, 0.3) is 0 Å². The summed E-state index contributed by atoms with van der Waals surface area (Å²) in [6, 6.07) is 15.8. The van der Waals surface area contributed by atoms with Crippen LogP contribution in [0.3, 0.4) is 0 Å². The average molecular weight is 310 g/mol. The smallest absolute Gasteiger partial charge is 0.256 e. The average Bonchev–Trinajstić information content (AvgIpc) is 3.13. The lowest BCUT2D eigenvalue weighted by molar-refractivity contribution is 0.194. The van der Waals surface area contributed by atoms with E-state index >= 15 is 0 Å². The molecule has 0 radical (unpaired) electrons. The molecule has 0 aliphatic heterocycles. The van der Waals surface area contributed by atoms with Crippen molar-refractivity contribution in [2.24, 2.45) is 0 Å². The van der Waals surface area contributed by atoms with Gasteiger partial charge in [-0.15, -0.1) is 0 Å². The first-order valence-electron chi connectivity index (χ1n) is 7.11. The van der Waals surface area contributed by atoms with Gasteiger partial charge in [0.2, 0.25) is 0 Å². The van der Waals surface area contributed by atoms with E-state index in [1.807, 2.05) is 72.8 Å². The Balaban J connectivity index is 1.45. The Morgan fingerprint density at radius 2 is 1.18 bits per heavy atom. The van der Waals surface area contributed by atoms with E-state index < -0.39 is 11.4 Å². The second kappa shape index (κ2) is 5.65. The molecular weight excluding hydrogens is 296 g/mol. The fraction of sp³-hybridized carbons (Fsp3) is 0.111. The van der Waals surface area contributed by atoms with E-state index in [9.17, 15) is 4.21 Å². The lowest BCUT2D eigenvalue weighted by Crippen LogP contribution is -2.09. The largest absolute Gasteiger partial charge is 0.306 e. The van der Waals surface area contributed by atoms with Crippen molar-refractivity contribution in [1.29, 1.82) is 0 Å². The van der Waals surface area contributed by atoms with Gasteiger partial charge in [0.1, 0.15) is 12.2 Å². The van der Waals surface area contributed by atoms with Crippen LogP contribution in [0.4, 0.5) is 0 Å². The van der Waals surface area contributed by atoms with Crippen molar-refractivity contribution < 1.29 is 12.6 Å². The molecule has 2 aliphatic rings. The van der Waals surface area contributed by atoms with Gasteiger partial charge in [-0.1, -0.05) is 60.7 Å². The molecular formula is C18H14O3S. The van der Waals surface area contributed by atoms with E-state index in [-0.39, 0.29) is 12.2 Å². The highest BCUT2D eigenvalue weighted by molar-refractivity contribution is 7.75. The standard InChI is InChI=1S/C18H14O3S/c19-22(20-17-11-9-13-5-1-3-7-15(13)17)21-18-12-10-14-6-2-4-8-16(14)18/h1-12,17-18H. The zero-order valence-corrected chi connectivity index (χ0v) is 12.5. The van der Waals surface area contributed by atoms with Crippen LogP contribution in [0, 0.1) is 0 Å². The van der Waals surface area contributed by atoms with E-state index in [2.05, 4.69) is 0 Å². The molecule has 2 unspecified atom stereocenters. The minimum Gasteiger partial charge on any atom is -0.256 e. The van der Waals surface area contributed by atoms with Crippen molar-refractivity contribution in [2.75, 3.05) is 0 Å². The number of hydrogen-bond acceptors (Lipinski definition) is 3. The second-order valence-corrected chi connectivity index (χ2v) is 6.01. The van der Waals surface area contributed by atoms with Crippen LogP contribution in [0.25, 0.3) is 12.2 Å². The summed E-state index contributed by atoms with van der Waals surface area (Å²) in [7, 11) is 0. The van der Waals surface area contributed by atoms with Crippen LogP contribution in [0.2, 0.25) is 0 Å². The third-order valence-electron chi connectivity index (χ3n) is 3.87. The van der Waals surface area contributed by atoms with Crippen molar-refractivity contribution in [2.45, 2.75) is 12.2 Å². The molecule has 0 heterocycles. The molecule has 110 valence electrons. The highest BCUT2D eigenvalue weighted by Crippen LogP contribution is 2.34. The molecule has 2 aromatic rings. The summed E-state index contributed by atoms with van der Waals surface area (Å²) in [5, 5.41) is 0. The third kappa shape index (κ3) is 2.46. The number of fused-ring (bicyclic) bond motifs is 2. The topological polar surface area (TPSA) is 35.5 Å². The van der Waals surface area contributed by atoms with Crippen molar-refractivity contribution in [3.63, 3.8) is 0 Å². The SMILES string of the molecule is O=S(OC1C=Cc2ccccc21)OC1C=Cc2ccccc21. The maximum Gasteiger partial charge on any atom is 0.306 e. The van der Waals surface area contributed by atoms with Crippen LogP contribution < -0.4 is 0 Å². The minimum absolute atomic E-state index is 0.322. The highest BCUT2D eigenvalue weighted by atomic mass is 32.2. The van der Waals surface area contributed by atoms with E-state index in [0.29, 0.717) is 0 Å². The van der Waals surface area contributed by atoms with Crippen molar-refractivity contribution in [3.05, 3.63) is 82.9 Å². The molecule has 0 fully saturated rings. The molecule has 4 rings (SSSR count). The number of rotatable bonds is 4. The highest BCUT2D eigenvalue weighted by Gasteiger charge is 2.24. The molecule has 22 heavy (non-hydrogen) atoms. The number of benzene rings is 2. The van der Waals surface area contributed by atoms with Gasteiger partial charge >= 0.3 is 11.4 Å². The molecule has 3 nitrogen and oxygen atoms in total. The van der Waals surface area contributed by atoms with Crippen molar-refractivity contribution >= 4 is 23.5 Å². The Bertz CT molecular complexity index is 729. The van der Waals surface area contributed by atoms with E-state index in [0.717, 1.165) is 22.3 Å². The quantitative estimate of drug-likeness (QED) is 0.851. The maximum absolute atomic E-state index is 12.2. The van der Waals surface area contributed by atoms with Gasteiger partial charge in [0.05, 0.1) is 0 Å². The van der Waals surface area contributed by atoms with Crippen LogP contribution in [0.5, 0.6) is 0 Å². The molecule has 2 atom stereocenters. The Labute approximate surface area is 131 Å². The zero-order chi connectivity index (χ0) is 14.9. The van der Waals surface area contributed by atoms with E-state index in [4.69, 9.17) is 8.37 Å². The summed E-state index contributed by atoms with van der Waals surface area (Å²) in [4.78, 5) is 0. The van der Waals surface area contributed by atoms with Crippen LogP contribution >= 0.6 is 0 Å². The fourth-order valence-electron chi connectivity index (χ4n) is 2.79. The predicted octanol–water partition coefficient (Wildman–Crippen LogP) is 4.13. The Morgan fingerprint density at radius 1 is 0.727 bits per heavy atom. The molecule has 0 spiro atoms. The summed E-state index contributed by atoms with van der Waals surface area (Å²) in [5.41, 5.74) is 4.22. The molecule has 0 bridgehead atoms. The summed E-state index contributed by atoms with van der Waals surface area (Å²) in [6.45, 7) is 0. The van der Waals surface area contributed by atoms with Gasteiger partial charge in [-0.2, -0.15) is 4.21 Å². The first-order chi connectivity index (χ1) is 10.8. The van der Waals surface area contributed by atoms with Crippen LogP contribution in [0.1, 0.15) is 34.5 Å². The van der Waals surface area contributed by atoms with Gasteiger partial charge in [-0.3, -0.25) is 8.37 Å². The molecule has 0 saturated heterocycles. The molecule has 2 aromatic carbocycles. The van der Waals surface area contributed by atoms with Gasteiger partial charge in [0, 0.05) is 0 Å². The third-order valence-corrected chi connectivity index (χ3v) is 4.60. The summed E-state index contributed by atoms with van der Waals surface area (Å²) < 4.78 is 23.3. The molecule has 2 aliphatic carbocycles. The molecule has 0 saturated carbocycles. The Morgan fingerprint density at radius 3 is 1.68 bits per heavy atom. The van der Waals surface area contributed by atoms with Gasteiger partial charge in [0.15, 0.2) is 0 Å². The minimum atomic E-state index is -1.82.